The average Bonchev–Trinajstić information content (AvgIpc) is 2.76. The Morgan fingerprint density at radius 1 is 0.903 bits per heavy atom. The predicted molar refractivity (Wildman–Crippen MR) is 116 cm³/mol. The summed E-state index contributed by atoms with van der Waals surface area (Å²) >= 11 is 0. The van der Waals surface area contributed by atoms with Crippen LogP contribution in [0, 0.1) is 17.0 Å². The molecule has 0 aliphatic heterocycles. The molecule has 8 nitrogen and oxygen atoms in total. The van der Waals surface area contributed by atoms with E-state index in [4.69, 9.17) is 4.74 Å². The second-order valence-corrected chi connectivity index (χ2v) is 6.80. The highest BCUT2D eigenvalue weighted by atomic mass is 16.6. The molecule has 3 aromatic carbocycles. The van der Waals surface area contributed by atoms with Crippen LogP contribution in [-0.2, 0) is 4.79 Å². The van der Waals surface area contributed by atoms with Gasteiger partial charge in [-0.2, -0.15) is 0 Å². The molecule has 3 aromatic rings. The molecule has 2 amide bonds. The fourth-order valence-electron chi connectivity index (χ4n) is 2.70. The van der Waals surface area contributed by atoms with Crippen molar-refractivity contribution >= 4 is 23.2 Å². The fraction of sp³-hybridized carbons (Fsp3) is 0.130. The first-order chi connectivity index (χ1) is 14.9. The number of hydrogen-bond acceptors (Lipinski definition) is 5. The molecule has 0 aromatic heterocycles. The minimum Gasteiger partial charge on any atom is -0.457 e. The van der Waals surface area contributed by atoms with Crippen molar-refractivity contribution in [2.75, 3.05) is 11.9 Å². The van der Waals surface area contributed by atoms with E-state index in [-0.39, 0.29) is 30.1 Å². The number of benzene rings is 3. The molecule has 0 saturated heterocycles. The summed E-state index contributed by atoms with van der Waals surface area (Å²) in [4.78, 5) is 34.2. The minimum absolute atomic E-state index is 0.0837. The zero-order valence-electron chi connectivity index (χ0n) is 16.8. The molecular formula is C23H21N3O5. The highest BCUT2D eigenvalue weighted by Crippen LogP contribution is 2.23. The second kappa shape index (κ2) is 10.0. The van der Waals surface area contributed by atoms with E-state index in [0.29, 0.717) is 11.4 Å². The molecule has 0 atom stereocenters. The molecule has 0 radical (unpaired) electrons. The molecule has 0 saturated carbocycles. The van der Waals surface area contributed by atoms with Gasteiger partial charge in [0.05, 0.1) is 4.92 Å². The molecule has 0 aliphatic rings. The van der Waals surface area contributed by atoms with Crippen molar-refractivity contribution < 1.29 is 19.2 Å². The number of ether oxygens (including phenoxy) is 1. The first-order valence-electron chi connectivity index (χ1n) is 9.58. The van der Waals surface area contributed by atoms with Gasteiger partial charge < -0.3 is 15.4 Å². The summed E-state index contributed by atoms with van der Waals surface area (Å²) in [6.07, 6.45) is 0.0837. The Morgan fingerprint density at radius 2 is 1.48 bits per heavy atom. The number of rotatable bonds is 8. The molecule has 31 heavy (non-hydrogen) atoms. The standard InChI is InChI=1S/C23H21N3O5/c1-16-2-10-20(11-3-16)31-21-12-6-18(7-13-21)25-22(27)14-15-24-23(28)17-4-8-19(9-5-17)26(29)30/h2-13H,14-15H2,1H3,(H,24,28)(H,25,27). The molecule has 0 spiro atoms. The number of carbonyl (C=O) groups is 2. The van der Waals surface area contributed by atoms with Gasteiger partial charge in [-0.15, -0.1) is 0 Å². The number of nitrogens with zero attached hydrogens (tertiary/aromatic N) is 1. The Bertz CT molecular complexity index is 1060. The number of hydrogen-bond donors (Lipinski definition) is 2. The van der Waals surface area contributed by atoms with E-state index >= 15 is 0 Å². The van der Waals surface area contributed by atoms with Gasteiger partial charge in [0, 0.05) is 36.3 Å². The lowest BCUT2D eigenvalue weighted by molar-refractivity contribution is -0.384. The van der Waals surface area contributed by atoms with E-state index < -0.39 is 10.8 Å². The smallest absolute Gasteiger partial charge is 0.269 e. The van der Waals surface area contributed by atoms with Gasteiger partial charge in [-0.1, -0.05) is 17.7 Å². The van der Waals surface area contributed by atoms with Gasteiger partial charge in [-0.05, 0) is 55.5 Å². The summed E-state index contributed by atoms with van der Waals surface area (Å²) in [5, 5.41) is 16.0. The Labute approximate surface area is 179 Å². The van der Waals surface area contributed by atoms with E-state index in [1.807, 2.05) is 31.2 Å². The van der Waals surface area contributed by atoms with Gasteiger partial charge >= 0.3 is 0 Å². The maximum atomic E-state index is 12.1. The van der Waals surface area contributed by atoms with E-state index in [9.17, 15) is 19.7 Å². The van der Waals surface area contributed by atoms with E-state index in [1.165, 1.54) is 24.3 Å². The van der Waals surface area contributed by atoms with Gasteiger partial charge in [0.15, 0.2) is 0 Å². The molecule has 3 rings (SSSR count). The van der Waals surface area contributed by atoms with Crippen LogP contribution < -0.4 is 15.4 Å². The summed E-state index contributed by atoms with van der Waals surface area (Å²) in [6, 6.07) is 19.9. The van der Waals surface area contributed by atoms with Crippen molar-refractivity contribution in [3.05, 3.63) is 94.0 Å². The van der Waals surface area contributed by atoms with Crippen LogP contribution in [0.5, 0.6) is 11.5 Å². The Kier molecular flexibility index (Phi) is 6.95. The first-order valence-corrected chi connectivity index (χ1v) is 9.58. The minimum atomic E-state index is -0.535. The van der Waals surface area contributed by atoms with Crippen LogP contribution in [0.25, 0.3) is 0 Å². The van der Waals surface area contributed by atoms with Crippen LogP contribution in [0.3, 0.4) is 0 Å². The molecule has 2 N–H and O–H groups in total. The van der Waals surface area contributed by atoms with E-state index in [2.05, 4.69) is 10.6 Å². The lowest BCUT2D eigenvalue weighted by Crippen LogP contribution is -2.27. The van der Waals surface area contributed by atoms with Gasteiger partial charge in [-0.25, -0.2) is 0 Å². The van der Waals surface area contributed by atoms with Crippen molar-refractivity contribution in [3.63, 3.8) is 0 Å². The van der Waals surface area contributed by atoms with Gasteiger partial charge in [0.25, 0.3) is 11.6 Å². The van der Waals surface area contributed by atoms with Crippen molar-refractivity contribution in [2.24, 2.45) is 0 Å². The number of carbonyl (C=O) groups excluding carboxylic acids is 2. The molecule has 0 fully saturated rings. The van der Waals surface area contributed by atoms with Crippen LogP contribution >= 0.6 is 0 Å². The van der Waals surface area contributed by atoms with Gasteiger partial charge in [0.2, 0.25) is 5.91 Å². The molecular weight excluding hydrogens is 398 g/mol. The third kappa shape index (κ3) is 6.40. The van der Waals surface area contributed by atoms with Crippen molar-refractivity contribution in [1.29, 1.82) is 0 Å². The van der Waals surface area contributed by atoms with Crippen LogP contribution in [0.15, 0.2) is 72.8 Å². The molecule has 8 heteroatoms. The number of nitro groups is 1. The van der Waals surface area contributed by atoms with Gasteiger partial charge in [-0.3, -0.25) is 19.7 Å². The van der Waals surface area contributed by atoms with Crippen molar-refractivity contribution in [1.82, 2.24) is 5.32 Å². The van der Waals surface area contributed by atoms with Crippen LogP contribution in [0.1, 0.15) is 22.3 Å². The molecule has 0 heterocycles. The SMILES string of the molecule is Cc1ccc(Oc2ccc(NC(=O)CCNC(=O)c3ccc([N+](=O)[O-])cc3)cc2)cc1. The predicted octanol–water partition coefficient (Wildman–Crippen LogP) is 4.45. The quantitative estimate of drug-likeness (QED) is 0.414. The van der Waals surface area contributed by atoms with Crippen LogP contribution in [0.2, 0.25) is 0 Å². The highest BCUT2D eigenvalue weighted by Gasteiger charge is 2.10. The van der Waals surface area contributed by atoms with Crippen LogP contribution in [0.4, 0.5) is 11.4 Å². The number of anilines is 1. The zero-order valence-corrected chi connectivity index (χ0v) is 16.8. The summed E-state index contributed by atoms with van der Waals surface area (Å²) < 4.78 is 5.75. The number of nitrogens with one attached hydrogen (secondary N) is 2. The first kappa shape index (κ1) is 21.5. The Balaban J connectivity index is 1.43. The molecule has 0 bridgehead atoms. The summed E-state index contributed by atoms with van der Waals surface area (Å²) in [6.45, 7) is 2.14. The second-order valence-electron chi connectivity index (χ2n) is 6.80. The number of non-ortho nitro benzene ring substituents is 1. The topological polar surface area (TPSA) is 111 Å². The molecule has 0 aliphatic carbocycles. The highest BCUT2D eigenvalue weighted by molar-refractivity contribution is 5.95. The molecule has 158 valence electrons. The maximum absolute atomic E-state index is 12.1. The summed E-state index contributed by atoms with van der Waals surface area (Å²) in [7, 11) is 0. The Hall–Kier alpha value is -4.20. The lowest BCUT2D eigenvalue weighted by atomic mass is 10.2. The number of amides is 2. The van der Waals surface area contributed by atoms with E-state index in [0.717, 1.165) is 11.3 Å². The van der Waals surface area contributed by atoms with E-state index in [1.54, 1.807) is 24.3 Å². The molecule has 0 unspecified atom stereocenters. The maximum Gasteiger partial charge on any atom is 0.269 e. The summed E-state index contributed by atoms with van der Waals surface area (Å²) in [5.74, 6) is 0.722. The number of aryl methyl sites for hydroxylation is 1. The fourth-order valence-corrected chi connectivity index (χ4v) is 2.70. The monoisotopic (exact) mass is 419 g/mol. The number of nitro benzene ring substituents is 1. The Morgan fingerprint density at radius 3 is 2.06 bits per heavy atom. The third-order valence-corrected chi connectivity index (χ3v) is 4.37. The largest absolute Gasteiger partial charge is 0.457 e. The summed E-state index contributed by atoms with van der Waals surface area (Å²) in [5.41, 5.74) is 1.96. The normalized spacial score (nSPS) is 10.2. The van der Waals surface area contributed by atoms with Gasteiger partial charge in [0.1, 0.15) is 11.5 Å². The van der Waals surface area contributed by atoms with Crippen LogP contribution in [-0.4, -0.2) is 23.3 Å². The van der Waals surface area contributed by atoms with Crippen molar-refractivity contribution in [2.45, 2.75) is 13.3 Å². The average molecular weight is 419 g/mol. The third-order valence-electron chi connectivity index (χ3n) is 4.37. The zero-order chi connectivity index (χ0) is 22.2. The lowest BCUT2D eigenvalue weighted by Gasteiger charge is -2.09. The van der Waals surface area contributed by atoms with Crippen molar-refractivity contribution in [3.8, 4) is 11.5 Å².